The standard InChI is InChI=1S/C8H5ClN2O/c9-7-4-2-1-3-6(7)8(5-10)11-12/h1-4,12H/b11-8-. The fourth-order valence-corrected chi connectivity index (χ4v) is 1.01. The molecule has 0 fully saturated rings. The Hall–Kier alpha value is -1.53. The van der Waals surface area contributed by atoms with E-state index < -0.39 is 0 Å². The monoisotopic (exact) mass is 180 g/mol. The maximum Gasteiger partial charge on any atom is 0.188 e. The van der Waals surface area contributed by atoms with Gasteiger partial charge in [0.2, 0.25) is 0 Å². The third-order valence-corrected chi connectivity index (χ3v) is 1.66. The maximum atomic E-state index is 8.50. The lowest BCUT2D eigenvalue weighted by Gasteiger charge is -1.97. The van der Waals surface area contributed by atoms with E-state index in [0.717, 1.165) is 0 Å². The highest BCUT2D eigenvalue weighted by atomic mass is 35.5. The molecule has 0 atom stereocenters. The molecule has 1 N–H and O–H groups in total. The highest BCUT2D eigenvalue weighted by Gasteiger charge is 2.05. The van der Waals surface area contributed by atoms with E-state index in [1.807, 2.05) is 0 Å². The number of oxime groups is 1. The number of hydrogen-bond acceptors (Lipinski definition) is 3. The van der Waals surface area contributed by atoms with Crippen molar-refractivity contribution in [3.8, 4) is 6.07 Å². The molecule has 60 valence electrons. The lowest BCUT2D eigenvalue weighted by Crippen LogP contribution is -1.97. The largest absolute Gasteiger partial charge is 0.410 e. The molecule has 0 aromatic heterocycles. The van der Waals surface area contributed by atoms with E-state index >= 15 is 0 Å². The Morgan fingerprint density at radius 2 is 2.17 bits per heavy atom. The Labute approximate surface area is 74.5 Å². The van der Waals surface area contributed by atoms with E-state index in [1.54, 1.807) is 30.3 Å². The van der Waals surface area contributed by atoms with Gasteiger partial charge in [-0.25, -0.2) is 0 Å². The maximum absolute atomic E-state index is 8.50. The summed E-state index contributed by atoms with van der Waals surface area (Å²) in [4.78, 5) is 0. The number of benzene rings is 1. The minimum atomic E-state index is -0.0828. The number of nitriles is 1. The molecular weight excluding hydrogens is 176 g/mol. The second-order valence-corrected chi connectivity index (χ2v) is 2.45. The predicted octanol–water partition coefficient (Wildman–Crippen LogP) is 2.04. The molecule has 3 nitrogen and oxygen atoms in total. The van der Waals surface area contributed by atoms with Gasteiger partial charge < -0.3 is 5.21 Å². The number of halogens is 1. The van der Waals surface area contributed by atoms with E-state index in [-0.39, 0.29) is 5.71 Å². The van der Waals surface area contributed by atoms with Gasteiger partial charge in [0.05, 0.1) is 5.02 Å². The van der Waals surface area contributed by atoms with Crippen molar-refractivity contribution in [3.05, 3.63) is 34.9 Å². The smallest absolute Gasteiger partial charge is 0.188 e. The van der Waals surface area contributed by atoms with Crippen LogP contribution in [0.1, 0.15) is 5.56 Å². The second-order valence-electron chi connectivity index (χ2n) is 2.04. The summed E-state index contributed by atoms with van der Waals surface area (Å²) >= 11 is 5.73. The Morgan fingerprint density at radius 3 is 2.67 bits per heavy atom. The quantitative estimate of drug-likeness (QED) is 0.409. The predicted molar refractivity (Wildman–Crippen MR) is 45.4 cm³/mol. The zero-order valence-corrected chi connectivity index (χ0v) is 6.78. The first-order valence-electron chi connectivity index (χ1n) is 3.16. The van der Waals surface area contributed by atoms with Crippen LogP contribution in [-0.4, -0.2) is 10.9 Å². The van der Waals surface area contributed by atoms with Crippen LogP contribution in [0.3, 0.4) is 0 Å². The Balaban J connectivity index is 3.21. The molecule has 0 saturated carbocycles. The van der Waals surface area contributed by atoms with Crippen LogP contribution in [0.5, 0.6) is 0 Å². The first-order valence-corrected chi connectivity index (χ1v) is 3.54. The fourth-order valence-electron chi connectivity index (χ4n) is 0.790. The highest BCUT2D eigenvalue weighted by Crippen LogP contribution is 2.15. The van der Waals surface area contributed by atoms with Crippen LogP contribution in [0, 0.1) is 11.3 Å². The summed E-state index contributed by atoms with van der Waals surface area (Å²) in [5.74, 6) is 0. The topological polar surface area (TPSA) is 56.4 Å². The van der Waals surface area contributed by atoms with Gasteiger partial charge in [0.25, 0.3) is 0 Å². The van der Waals surface area contributed by atoms with E-state index in [4.69, 9.17) is 22.1 Å². The summed E-state index contributed by atoms with van der Waals surface area (Å²) in [5.41, 5.74) is 0.352. The minimum absolute atomic E-state index is 0.0828. The van der Waals surface area contributed by atoms with E-state index in [0.29, 0.717) is 10.6 Å². The molecule has 0 radical (unpaired) electrons. The van der Waals surface area contributed by atoms with E-state index in [2.05, 4.69) is 5.16 Å². The van der Waals surface area contributed by atoms with Crippen molar-refractivity contribution < 1.29 is 5.21 Å². The number of nitrogens with zero attached hydrogens (tertiary/aromatic N) is 2. The Morgan fingerprint density at radius 1 is 1.50 bits per heavy atom. The van der Waals surface area contributed by atoms with Gasteiger partial charge in [0.1, 0.15) is 6.07 Å². The lowest BCUT2D eigenvalue weighted by atomic mass is 10.1. The van der Waals surface area contributed by atoms with Gasteiger partial charge in [-0.1, -0.05) is 35.0 Å². The molecule has 1 aromatic carbocycles. The van der Waals surface area contributed by atoms with Crippen molar-refractivity contribution >= 4 is 17.3 Å². The van der Waals surface area contributed by atoms with Gasteiger partial charge in [-0.2, -0.15) is 5.26 Å². The van der Waals surface area contributed by atoms with Crippen molar-refractivity contribution in [2.75, 3.05) is 0 Å². The van der Waals surface area contributed by atoms with Crippen LogP contribution in [0.4, 0.5) is 0 Å². The van der Waals surface area contributed by atoms with Gasteiger partial charge in [-0.3, -0.25) is 0 Å². The Bertz CT molecular complexity index is 354. The third kappa shape index (κ3) is 1.55. The molecule has 1 rings (SSSR count). The van der Waals surface area contributed by atoms with Crippen LogP contribution < -0.4 is 0 Å². The van der Waals surface area contributed by atoms with Crippen LogP contribution in [-0.2, 0) is 0 Å². The Kier molecular flexibility index (Phi) is 2.67. The SMILES string of the molecule is N#C/C(=N/O)c1ccccc1Cl. The number of hydrogen-bond donors (Lipinski definition) is 1. The normalized spacial score (nSPS) is 10.8. The van der Waals surface area contributed by atoms with Crippen LogP contribution in [0.15, 0.2) is 29.4 Å². The molecule has 4 heteroatoms. The van der Waals surface area contributed by atoms with Gasteiger partial charge in [-0.05, 0) is 6.07 Å². The zero-order chi connectivity index (χ0) is 8.97. The summed E-state index contributed by atoms with van der Waals surface area (Å²) in [7, 11) is 0. The summed E-state index contributed by atoms with van der Waals surface area (Å²) < 4.78 is 0. The molecule has 0 amide bonds. The van der Waals surface area contributed by atoms with Crippen molar-refractivity contribution in [1.82, 2.24) is 0 Å². The molecule has 0 saturated heterocycles. The molecule has 0 spiro atoms. The van der Waals surface area contributed by atoms with Crippen molar-refractivity contribution in [2.24, 2.45) is 5.16 Å². The average molecular weight is 181 g/mol. The van der Waals surface area contributed by atoms with Crippen LogP contribution >= 0.6 is 11.6 Å². The molecule has 12 heavy (non-hydrogen) atoms. The van der Waals surface area contributed by atoms with Crippen LogP contribution in [0.25, 0.3) is 0 Å². The zero-order valence-electron chi connectivity index (χ0n) is 6.03. The molecule has 0 aliphatic carbocycles. The van der Waals surface area contributed by atoms with E-state index in [1.165, 1.54) is 0 Å². The van der Waals surface area contributed by atoms with Crippen molar-refractivity contribution in [3.63, 3.8) is 0 Å². The van der Waals surface area contributed by atoms with Gasteiger partial charge in [0, 0.05) is 5.56 Å². The van der Waals surface area contributed by atoms with E-state index in [9.17, 15) is 0 Å². The van der Waals surface area contributed by atoms with Crippen molar-refractivity contribution in [1.29, 1.82) is 5.26 Å². The summed E-state index contributed by atoms with van der Waals surface area (Å²) in [6, 6.07) is 8.41. The summed E-state index contributed by atoms with van der Waals surface area (Å²) in [6.07, 6.45) is 0. The molecule has 0 unspecified atom stereocenters. The van der Waals surface area contributed by atoms with Gasteiger partial charge in [-0.15, -0.1) is 0 Å². The third-order valence-electron chi connectivity index (χ3n) is 1.33. The summed E-state index contributed by atoms with van der Waals surface area (Å²) in [5, 5.41) is 20.1. The first kappa shape index (κ1) is 8.57. The average Bonchev–Trinajstić information content (AvgIpc) is 2.10. The van der Waals surface area contributed by atoms with Crippen molar-refractivity contribution in [2.45, 2.75) is 0 Å². The molecule has 0 aliphatic heterocycles. The molecule has 0 heterocycles. The fraction of sp³-hybridized carbons (Fsp3) is 0. The highest BCUT2D eigenvalue weighted by molar-refractivity contribution is 6.35. The number of rotatable bonds is 1. The molecule has 0 aliphatic rings. The molecular formula is C8H5ClN2O. The minimum Gasteiger partial charge on any atom is -0.410 e. The lowest BCUT2D eigenvalue weighted by molar-refractivity contribution is 0.320. The van der Waals surface area contributed by atoms with Gasteiger partial charge in [0.15, 0.2) is 5.71 Å². The first-order chi connectivity index (χ1) is 5.79. The second kappa shape index (κ2) is 3.74. The van der Waals surface area contributed by atoms with Crippen LogP contribution in [0.2, 0.25) is 5.02 Å². The molecule has 0 bridgehead atoms. The van der Waals surface area contributed by atoms with Gasteiger partial charge >= 0.3 is 0 Å². The summed E-state index contributed by atoms with van der Waals surface area (Å²) in [6.45, 7) is 0. The molecule has 1 aromatic rings.